The molecular formula is C28H58O13S6. The van der Waals surface area contributed by atoms with Crippen molar-refractivity contribution in [1.82, 2.24) is 0 Å². The lowest BCUT2D eigenvalue weighted by Gasteiger charge is -2.31. The van der Waals surface area contributed by atoms with Crippen molar-refractivity contribution in [3.05, 3.63) is 0 Å². The molecule has 12 N–H and O–H groups in total. The Bertz CT molecular complexity index is 635. The predicted octanol–water partition coefficient (Wildman–Crippen LogP) is 4.62. The third-order valence-electron chi connectivity index (χ3n) is 4.64. The molecule has 0 rings (SSSR count). The maximum absolute atomic E-state index is 9.03. The first-order valence-electron chi connectivity index (χ1n) is 14.2. The molecule has 0 unspecified atom stereocenters. The first-order chi connectivity index (χ1) is 21.7. The number of ether oxygens (including phenoxy) is 1. The first-order valence-corrected chi connectivity index (χ1v) is 16.7. The van der Waals surface area contributed by atoms with E-state index in [1.165, 1.54) is 0 Å². The highest BCUT2D eigenvalue weighted by molar-refractivity contribution is 7.80. The van der Waals surface area contributed by atoms with Crippen LogP contribution in [0.3, 0.4) is 0 Å². The molecule has 0 saturated heterocycles. The summed E-state index contributed by atoms with van der Waals surface area (Å²) in [6, 6.07) is 0. The van der Waals surface area contributed by atoms with E-state index < -0.39 is 50.5 Å². The molecule has 0 heterocycles. The van der Waals surface area contributed by atoms with Gasteiger partial charge in [-0.2, -0.15) is 0 Å². The van der Waals surface area contributed by atoms with E-state index in [-0.39, 0.29) is 43.5 Å². The summed E-state index contributed by atoms with van der Waals surface area (Å²) in [4.78, 5) is 0. The molecule has 0 aliphatic carbocycles. The number of aliphatic hydroxyl groups is 12. The molecule has 0 bridgehead atoms. The van der Waals surface area contributed by atoms with Crippen molar-refractivity contribution in [3.63, 3.8) is 0 Å². The summed E-state index contributed by atoms with van der Waals surface area (Å²) in [5, 5.41) is 103. The van der Waals surface area contributed by atoms with Crippen molar-refractivity contribution in [1.29, 1.82) is 0 Å². The lowest BCUT2D eigenvalue weighted by molar-refractivity contribution is -0.103. The maximum Gasteiger partial charge on any atom is 0.156 e. The summed E-state index contributed by atoms with van der Waals surface area (Å²) in [6.45, 7) is 7.84. The van der Waals surface area contributed by atoms with Crippen LogP contribution in [0, 0.1) is 10.8 Å². The summed E-state index contributed by atoms with van der Waals surface area (Å²) in [6.07, 6.45) is 3.56. The van der Waals surface area contributed by atoms with Crippen molar-refractivity contribution in [2.75, 3.05) is 52.9 Å². The van der Waals surface area contributed by atoms with E-state index >= 15 is 0 Å². The summed E-state index contributed by atoms with van der Waals surface area (Å²) in [5.41, 5.74) is -2.32. The Labute approximate surface area is 311 Å². The Kier molecular flexibility index (Phi) is 58.8. The largest absolute Gasteiger partial charge is 0.502 e. The average Bonchev–Trinajstić information content (AvgIpc) is 3.06. The molecule has 0 spiro atoms. The number of aliphatic hydroxyl groups excluding tert-OH is 12. The van der Waals surface area contributed by atoms with Crippen LogP contribution in [0.5, 0.6) is 0 Å². The van der Waals surface area contributed by atoms with E-state index in [2.05, 4.69) is 73.3 Å². The lowest BCUT2D eigenvalue weighted by atomic mass is 9.91. The quantitative estimate of drug-likeness (QED) is 0.0953. The Morgan fingerprint density at radius 1 is 0.362 bits per heavy atom. The van der Waals surface area contributed by atoms with Gasteiger partial charge in [0.2, 0.25) is 0 Å². The van der Waals surface area contributed by atoms with E-state index in [0.717, 1.165) is 0 Å². The molecule has 47 heavy (non-hydrogen) atoms. The second-order valence-electron chi connectivity index (χ2n) is 8.93. The summed E-state index contributed by atoms with van der Waals surface area (Å²) < 4.78 is 5.15. The highest BCUT2D eigenvalue weighted by Crippen LogP contribution is 2.19. The van der Waals surface area contributed by atoms with Gasteiger partial charge in [-0.3, -0.25) is 0 Å². The van der Waals surface area contributed by atoms with E-state index in [4.69, 9.17) is 66.0 Å². The first kappa shape index (κ1) is 61.3. The van der Waals surface area contributed by atoms with Gasteiger partial charge in [-0.05, 0) is 73.3 Å². The summed E-state index contributed by atoms with van der Waals surface area (Å²) >= 11 is 25.5. The van der Waals surface area contributed by atoms with Gasteiger partial charge in [0, 0.05) is 38.5 Å². The van der Waals surface area contributed by atoms with Gasteiger partial charge in [0.15, 0.2) is 30.3 Å². The minimum atomic E-state index is -1.16. The molecule has 0 atom stereocenters. The van der Waals surface area contributed by atoms with Crippen LogP contribution in [0.15, 0.2) is 0 Å². The number of rotatable bonds is 16. The Hall–Kier alpha value is -0.940. The molecule has 0 amide bonds. The van der Waals surface area contributed by atoms with Crippen LogP contribution in [0.1, 0.15) is 80.1 Å². The van der Waals surface area contributed by atoms with Crippen LogP contribution < -0.4 is 0 Å². The Morgan fingerprint density at radius 3 is 0.532 bits per heavy atom. The van der Waals surface area contributed by atoms with Gasteiger partial charge in [0.1, 0.15) is 0 Å². The molecule has 19 heteroatoms. The number of thiocarbonyl (C=S) groups is 6. The minimum Gasteiger partial charge on any atom is -0.502 e. The molecule has 0 fully saturated rings. The fraction of sp³-hybridized carbons (Fsp3) is 0.786. The second-order valence-corrected chi connectivity index (χ2v) is 11.8. The molecule has 0 aliphatic heterocycles. The van der Waals surface area contributed by atoms with Crippen LogP contribution >= 0.6 is 73.3 Å². The predicted molar refractivity (Wildman–Crippen MR) is 211 cm³/mol. The fourth-order valence-electron chi connectivity index (χ4n) is 1.06. The van der Waals surface area contributed by atoms with Gasteiger partial charge in [0.05, 0.1) is 63.7 Å². The van der Waals surface area contributed by atoms with Gasteiger partial charge in [0.25, 0.3) is 0 Å². The van der Waals surface area contributed by atoms with Crippen LogP contribution in [-0.4, -0.2) is 144 Å². The SMILES string of the molecule is CCC(O)=S.CCC(O)=S.CCC(O)=S.CCC(O)=S.CCC(O)=S.CCC(O)=S.OCC(CO)(CO)COCC(CO)(CO)CO. The van der Waals surface area contributed by atoms with E-state index in [0.29, 0.717) is 38.5 Å². The zero-order chi connectivity index (χ0) is 39.1. The van der Waals surface area contributed by atoms with Gasteiger partial charge in [-0.15, -0.1) is 0 Å². The van der Waals surface area contributed by atoms with Crippen molar-refractivity contribution < 1.29 is 66.0 Å². The van der Waals surface area contributed by atoms with Gasteiger partial charge in [-0.1, -0.05) is 41.5 Å². The highest BCUT2D eigenvalue weighted by Gasteiger charge is 2.32. The summed E-state index contributed by atoms with van der Waals surface area (Å²) in [5.74, 6) is 0. The normalized spacial score (nSPS) is 9.45. The second kappa shape index (κ2) is 45.1. The number of hydrogen-bond acceptors (Lipinski definition) is 13. The molecule has 284 valence electrons. The molecule has 0 radical (unpaired) electrons. The van der Waals surface area contributed by atoms with Crippen LogP contribution in [0.2, 0.25) is 0 Å². The third-order valence-corrected chi connectivity index (χ3v) is 6.38. The minimum absolute atomic E-state index is 0.0880. The zero-order valence-electron chi connectivity index (χ0n) is 28.1. The van der Waals surface area contributed by atoms with Crippen molar-refractivity contribution >= 4 is 104 Å². The molecule has 0 aromatic rings. The monoisotopic (exact) mass is 794 g/mol. The highest BCUT2D eigenvalue weighted by atomic mass is 32.1. The molecular weight excluding hydrogens is 737 g/mol. The van der Waals surface area contributed by atoms with Crippen LogP contribution in [-0.2, 0) is 4.74 Å². The topological polar surface area (TPSA) is 252 Å². The van der Waals surface area contributed by atoms with Crippen molar-refractivity contribution in [2.45, 2.75) is 80.1 Å². The number of hydrogen-bond donors (Lipinski definition) is 12. The van der Waals surface area contributed by atoms with Gasteiger partial charge < -0.3 is 66.0 Å². The zero-order valence-corrected chi connectivity index (χ0v) is 33.0. The van der Waals surface area contributed by atoms with Crippen LogP contribution in [0.4, 0.5) is 0 Å². The van der Waals surface area contributed by atoms with Crippen molar-refractivity contribution in [2.24, 2.45) is 10.8 Å². The fourth-order valence-corrected chi connectivity index (χ4v) is 1.06. The van der Waals surface area contributed by atoms with E-state index in [1.54, 1.807) is 0 Å². The van der Waals surface area contributed by atoms with E-state index in [1.807, 2.05) is 41.5 Å². The average molecular weight is 795 g/mol. The molecule has 0 saturated carbocycles. The lowest BCUT2D eigenvalue weighted by Crippen LogP contribution is -2.43. The van der Waals surface area contributed by atoms with Crippen molar-refractivity contribution in [3.8, 4) is 0 Å². The molecule has 13 nitrogen and oxygen atoms in total. The standard InChI is InChI=1S/C10H22O7.6C3H6OS/c11-1-9(2-12,3-13)7-17-8-10(4-14,5-15)6-16;6*1-2-3(4)5/h11-16H,1-8H2;6*2H2,1H3,(H,4,5). The summed E-state index contributed by atoms with van der Waals surface area (Å²) in [7, 11) is 0. The smallest absolute Gasteiger partial charge is 0.156 e. The van der Waals surface area contributed by atoms with E-state index in [9.17, 15) is 0 Å². The molecule has 0 aromatic carbocycles. The third kappa shape index (κ3) is 60.8. The van der Waals surface area contributed by atoms with Crippen LogP contribution in [0.25, 0.3) is 0 Å². The van der Waals surface area contributed by atoms with Gasteiger partial charge in [-0.25, -0.2) is 0 Å². The Balaban J connectivity index is -0.0000000884. The maximum atomic E-state index is 9.03. The Morgan fingerprint density at radius 2 is 0.468 bits per heavy atom. The molecule has 0 aliphatic rings. The van der Waals surface area contributed by atoms with Gasteiger partial charge >= 0.3 is 0 Å². The molecule has 0 aromatic heterocycles.